The average molecular weight is 470 g/mol. The van der Waals surface area contributed by atoms with Gasteiger partial charge in [0.2, 0.25) is 5.91 Å². The highest BCUT2D eigenvalue weighted by Gasteiger charge is 2.28. The lowest BCUT2D eigenvalue weighted by molar-refractivity contribution is -0.133. The number of likely N-dealkylation sites (tertiary alicyclic amines) is 1. The van der Waals surface area contributed by atoms with Crippen molar-refractivity contribution in [2.75, 3.05) is 13.1 Å². The van der Waals surface area contributed by atoms with E-state index in [2.05, 4.69) is 20.9 Å². The van der Waals surface area contributed by atoms with E-state index in [1.165, 1.54) is 10.9 Å². The van der Waals surface area contributed by atoms with E-state index in [1.54, 1.807) is 12.1 Å². The SMILES string of the molecule is O=C(CCn1cnc2ccc(Br)cc2c1=O)N1CCC(C(O)c2ccccc2)CC1. The molecule has 156 valence electrons. The lowest BCUT2D eigenvalue weighted by atomic mass is 9.87. The lowest BCUT2D eigenvalue weighted by Gasteiger charge is -2.34. The van der Waals surface area contributed by atoms with E-state index in [1.807, 2.05) is 41.3 Å². The fourth-order valence-corrected chi connectivity index (χ4v) is 4.41. The lowest BCUT2D eigenvalue weighted by Crippen LogP contribution is -2.40. The highest BCUT2D eigenvalue weighted by atomic mass is 79.9. The van der Waals surface area contributed by atoms with Crippen LogP contribution in [-0.2, 0) is 11.3 Å². The Morgan fingerprint density at radius 1 is 1.17 bits per heavy atom. The van der Waals surface area contributed by atoms with Crippen LogP contribution in [0.25, 0.3) is 10.9 Å². The van der Waals surface area contributed by atoms with E-state index in [-0.39, 0.29) is 23.8 Å². The predicted octanol–water partition coefficient (Wildman–Crippen LogP) is 3.52. The Kier molecular flexibility index (Phi) is 6.29. The minimum absolute atomic E-state index is 0.0314. The van der Waals surface area contributed by atoms with Gasteiger partial charge < -0.3 is 10.0 Å². The molecule has 2 aromatic carbocycles. The minimum Gasteiger partial charge on any atom is -0.388 e. The number of aromatic nitrogens is 2. The summed E-state index contributed by atoms with van der Waals surface area (Å²) in [7, 11) is 0. The molecule has 30 heavy (non-hydrogen) atoms. The topological polar surface area (TPSA) is 75.4 Å². The number of nitrogens with zero attached hydrogens (tertiary/aromatic N) is 3. The third-order valence-electron chi connectivity index (χ3n) is 5.83. The van der Waals surface area contributed by atoms with E-state index >= 15 is 0 Å². The molecule has 0 spiro atoms. The zero-order valence-corrected chi connectivity index (χ0v) is 18.2. The van der Waals surface area contributed by atoms with Crippen LogP contribution in [0.1, 0.15) is 30.9 Å². The minimum atomic E-state index is -0.495. The highest BCUT2D eigenvalue weighted by Crippen LogP contribution is 2.30. The average Bonchev–Trinajstić information content (AvgIpc) is 2.79. The van der Waals surface area contributed by atoms with Gasteiger partial charge in [0.15, 0.2) is 0 Å². The van der Waals surface area contributed by atoms with Crippen LogP contribution in [0.4, 0.5) is 0 Å². The summed E-state index contributed by atoms with van der Waals surface area (Å²) in [5.41, 5.74) is 1.43. The zero-order valence-electron chi connectivity index (χ0n) is 16.6. The fraction of sp³-hybridized carbons (Fsp3) is 0.348. The largest absolute Gasteiger partial charge is 0.388 e. The van der Waals surface area contributed by atoms with Crippen LogP contribution in [-0.4, -0.2) is 38.6 Å². The molecule has 1 unspecified atom stereocenters. The number of aliphatic hydroxyl groups excluding tert-OH is 1. The number of hydrogen-bond acceptors (Lipinski definition) is 4. The Morgan fingerprint density at radius 2 is 1.90 bits per heavy atom. The highest BCUT2D eigenvalue weighted by molar-refractivity contribution is 9.10. The smallest absolute Gasteiger partial charge is 0.261 e. The van der Waals surface area contributed by atoms with Gasteiger partial charge in [0.1, 0.15) is 0 Å². The first-order valence-electron chi connectivity index (χ1n) is 10.2. The van der Waals surface area contributed by atoms with Crippen molar-refractivity contribution < 1.29 is 9.90 Å². The summed E-state index contributed by atoms with van der Waals surface area (Å²) in [6, 6.07) is 15.1. The molecule has 1 saturated heterocycles. The molecule has 2 heterocycles. The summed E-state index contributed by atoms with van der Waals surface area (Å²) in [6.45, 7) is 1.57. The predicted molar refractivity (Wildman–Crippen MR) is 119 cm³/mol. The van der Waals surface area contributed by atoms with E-state index in [4.69, 9.17) is 0 Å². The maximum atomic E-state index is 12.7. The molecule has 0 bridgehead atoms. The van der Waals surface area contributed by atoms with Crippen LogP contribution in [0.15, 0.2) is 64.1 Å². The molecule has 1 aliphatic heterocycles. The number of aliphatic hydroxyl groups is 1. The monoisotopic (exact) mass is 469 g/mol. The summed E-state index contributed by atoms with van der Waals surface area (Å²) in [5.74, 6) is 0.186. The molecule has 0 radical (unpaired) electrons. The van der Waals surface area contributed by atoms with Crippen LogP contribution in [0.2, 0.25) is 0 Å². The first kappa shape index (κ1) is 20.8. The van der Waals surface area contributed by atoms with Gasteiger partial charge in [0.05, 0.1) is 23.3 Å². The van der Waals surface area contributed by atoms with E-state index in [0.29, 0.717) is 30.5 Å². The van der Waals surface area contributed by atoms with Crippen molar-refractivity contribution in [1.82, 2.24) is 14.5 Å². The van der Waals surface area contributed by atoms with Crippen molar-refractivity contribution in [2.24, 2.45) is 5.92 Å². The van der Waals surface area contributed by atoms with Crippen molar-refractivity contribution in [3.05, 3.63) is 75.2 Å². The summed E-state index contributed by atoms with van der Waals surface area (Å²) in [4.78, 5) is 31.5. The molecule has 7 heteroatoms. The number of amides is 1. The molecule has 4 rings (SSSR count). The maximum absolute atomic E-state index is 12.7. The molecule has 1 atom stereocenters. The number of aryl methyl sites for hydroxylation is 1. The van der Waals surface area contributed by atoms with Gasteiger partial charge in [0.25, 0.3) is 5.56 Å². The molecule has 1 amide bonds. The second-order valence-corrected chi connectivity index (χ2v) is 8.64. The van der Waals surface area contributed by atoms with Crippen LogP contribution in [0, 0.1) is 5.92 Å². The van der Waals surface area contributed by atoms with Gasteiger partial charge in [-0.2, -0.15) is 0 Å². The van der Waals surface area contributed by atoms with Crippen LogP contribution >= 0.6 is 15.9 Å². The molecule has 6 nitrogen and oxygen atoms in total. The van der Waals surface area contributed by atoms with Crippen LogP contribution < -0.4 is 5.56 Å². The third-order valence-corrected chi connectivity index (χ3v) is 6.33. The summed E-state index contributed by atoms with van der Waals surface area (Å²) >= 11 is 3.38. The Labute approximate surface area is 183 Å². The van der Waals surface area contributed by atoms with Gasteiger partial charge in [-0.3, -0.25) is 14.2 Å². The van der Waals surface area contributed by atoms with E-state index in [0.717, 1.165) is 22.9 Å². The number of fused-ring (bicyclic) bond motifs is 1. The number of carbonyl (C=O) groups excluding carboxylic acids is 1. The van der Waals surface area contributed by atoms with Gasteiger partial charge in [0, 0.05) is 30.5 Å². The molecular formula is C23H24BrN3O3. The zero-order chi connectivity index (χ0) is 21.1. The van der Waals surface area contributed by atoms with Gasteiger partial charge in [-0.1, -0.05) is 46.3 Å². The molecule has 1 N–H and O–H groups in total. The van der Waals surface area contributed by atoms with Gasteiger partial charge >= 0.3 is 0 Å². The number of halogens is 1. The van der Waals surface area contributed by atoms with Crippen molar-refractivity contribution in [3.8, 4) is 0 Å². The van der Waals surface area contributed by atoms with Crippen molar-refractivity contribution in [3.63, 3.8) is 0 Å². The molecule has 1 aliphatic rings. The Hall–Kier alpha value is -2.51. The number of piperidine rings is 1. The number of rotatable bonds is 5. The van der Waals surface area contributed by atoms with Crippen molar-refractivity contribution in [2.45, 2.75) is 31.9 Å². The summed E-state index contributed by atoms with van der Waals surface area (Å²) < 4.78 is 2.32. The fourth-order valence-electron chi connectivity index (χ4n) is 4.05. The first-order chi connectivity index (χ1) is 14.5. The van der Waals surface area contributed by atoms with Crippen LogP contribution in [0.3, 0.4) is 0 Å². The Morgan fingerprint density at radius 3 is 2.63 bits per heavy atom. The molecule has 1 aromatic heterocycles. The van der Waals surface area contributed by atoms with Crippen molar-refractivity contribution in [1.29, 1.82) is 0 Å². The Bertz CT molecular complexity index is 1090. The first-order valence-corrected chi connectivity index (χ1v) is 11.0. The summed E-state index contributed by atoms with van der Waals surface area (Å²) in [6.07, 6.45) is 2.81. The van der Waals surface area contributed by atoms with E-state index < -0.39 is 6.10 Å². The second-order valence-electron chi connectivity index (χ2n) is 7.73. The van der Waals surface area contributed by atoms with Crippen LogP contribution in [0.5, 0.6) is 0 Å². The second kappa shape index (κ2) is 9.10. The number of hydrogen-bond donors (Lipinski definition) is 1. The molecule has 3 aromatic rings. The maximum Gasteiger partial charge on any atom is 0.261 e. The van der Waals surface area contributed by atoms with Gasteiger partial charge in [-0.05, 0) is 42.5 Å². The van der Waals surface area contributed by atoms with Gasteiger partial charge in [-0.25, -0.2) is 4.98 Å². The standard InChI is InChI=1S/C23H24BrN3O3/c24-18-6-7-20-19(14-18)23(30)27(15-25-20)13-10-21(28)26-11-8-17(9-12-26)22(29)16-4-2-1-3-5-16/h1-7,14-15,17,22,29H,8-13H2. The van der Waals surface area contributed by atoms with Crippen molar-refractivity contribution >= 4 is 32.7 Å². The van der Waals surface area contributed by atoms with E-state index in [9.17, 15) is 14.7 Å². The number of benzene rings is 2. The van der Waals surface area contributed by atoms with Gasteiger partial charge in [-0.15, -0.1) is 0 Å². The normalized spacial score (nSPS) is 16.0. The number of carbonyl (C=O) groups is 1. The third kappa shape index (κ3) is 4.47. The molecular weight excluding hydrogens is 446 g/mol. The summed E-state index contributed by atoms with van der Waals surface area (Å²) in [5, 5.41) is 11.1. The molecule has 0 aliphatic carbocycles. The Balaban J connectivity index is 1.34. The molecule has 1 fully saturated rings. The quantitative estimate of drug-likeness (QED) is 0.619. The molecule has 0 saturated carbocycles.